The lowest BCUT2D eigenvalue weighted by molar-refractivity contribution is -0.161. The average molecular weight is 843 g/mol. The van der Waals surface area contributed by atoms with Gasteiger partial charge in [0, 0.05) is 12.8 Å². The highest BCUT2D eigenvalue weighted by molar-refractivity contribution is 7.47. The Morgan fingerprint density at radius 3 is 1.78 bits per heavy atom. The van der Waals surface area contributed by atoms with E-state index >= 15 is 0 Å². The molecule has 0 amide bonds. The lowest BCUT2D eigenvalue weighted by atomic mass is 10.0. The molecule has 11 nitrogen and oxygen atoms in total. The number of phosphoric ester groups is 1. The Bertz CT molecular complexity index is 1140. The molecule has 0 aromatic carbocycles. The number of unbranched alkanes of at least 4 members (excludes halogenated alkanes) is 17. The predicted molar refractivity (Wildman–Crippen MR) is 232 cm³/mol. The molecule has 1 saturated heterocycles. The molecule has 1 aliphatic heterocycles. The standard InChI is InChI=1S/C46H83O11P/c1-4-5-6-7-22-27-32-43-44(57-43)33-28-23-18-16-20-24-29-34-45(49)53-38-42(39-55-58(51,52)54-37-41(48)36-47)56-46(50)35-30-25-19-15-13-11-9-8-10-12-14-17-21-26-31-40(2)3/h16,20,22-23,27-28,40-44,47-48H,4-15,17-19,21,24-26,29-39H2,1-3H3,(H,51,52)/b20-16-,27-22-,28-23-/t41-,42+,43?,44?/m0/s1. The van der Waals surface area contributed by atoms with E-state index in [0.717, 1.165) is 50.9 Å². The number of allylic oxidation sites excluding steroid dienone is 4. The Hall–Kier alpha value is -1.85. The van der Waals surface area contributed by atoms with Crippen LogP contribution in [0.25, 0.3) is 0 Å². The summed E-state index contributed by atoms with van der Waals surface area (Å²) in [6.45, 7) is 4.63. The first kappa shape index (κ1) is 54.2. The van der Waals surface area contributed by atoms with Crippen LogP contribution in [0.1, 0.15) is 188 Å². The second kappa shape index (κ2) is 37.0. The maximum absolute atomic E-state index is 12.6. The van der Waals surface area contributed by atoms with E-state index < -0.39 is 51.8 Å². The Kier molecular flexibility index (Phi) is 34.5. The van der Waals surface area contributed by atoms with E-state index in [1.807, 2.05) is 6.08 Å². The van der Waals surface area contributed by atoms with Gasteiger partial charge in [0.25, 0.3) is 0 Å². The van der Waals surface area contributed by atoms with E-state index in [-0.39, 0.29) is 19.4 Å². The van der Waals surface area contributed by atoms with Crippen molar-refractivity contribution in [2.75, 3.05) is 26.4 Å². The van der Waals surface area contributed by atoms with Gasteiger partial charge in [-0.15, -0.1) is 0 Å². The smallest absolute Gasteiger partial charge is 0.462 e. The number of phosphoric acid groups is 1. The summed E-state index contributed by atoms with van der Waals surface area (Å²) in [4.78, 5) is 35.1. The first-order valence-electron chi connectivity index (χ1n) is 22.9. The van der Waals surface area contributed by atoms with Crippen molar-refractivity contribution >= 4 is 19.8 Å². The van der Waals surface area contributed by atoms with Gasteiger partial charge in [-0.1, -0.05) is 160 Å². The number of hydrogen-bond donors (Lipinski definition) is 3. The molecule has 0 bridgehead atoms. The largest absolute Gasteiger partial charge is 0.472 e. The van der Waals surface area contributed by atoms with Crippen molar-refractivity contribution in [3.63, 3.8) is 0 Å². The highest BCUT2D eigenvalue weighted by atomic mass is 31.2. The van der Waals surface area contributed by atoms with E-state index in [0.29, 0.717) is 31.5 Å². The van der Waals surface area contributed by atoms with E-state index in [4.69, 9.17) is 28.4 Å². The number of rotatable bonds is 41. The molecule has 3 unspecified atom stereocenters. The number of aliphatic hydroxyl groups is 2. The zero-order chi connectivity index (χ0) is 42.5. The number of ether oxygens (including phenoxy) is 3. The Morgan fingerprint density at radius 2 is 1.17 bits per heavy atom. The molecule has 0 aromatic rings. The highest BCUT2D eigenvalue weighted by Crippen LogP contribution is 2.43. The molecule has 5 atom stereocenters. The third-order valence-electron chi connectivity index (χ3n) is 10.1. The third-order valence-corrected chi connectivity index (χ3v) is 11.1. The van der Waals surface area contributed by atoms with Crippen LogP contribution in [-0.4, -0.2) is 77.9 Å². The van der Waals surface area contributed by atoms with Gasteiger partial charge in [-0.05, 0) is 57.3 Å². The van der Waals surface area contributed by atoms with E-state index in [1.54, 1.807) is 0 Å². The molecule has 1 rings (SSSR count). The van der Waals surface area contributed by atoms with Gasteiger partial charge in [0.05, 0.1) is 32.0 Å². The normalized spacial score (nSPS) is 17.7. The van der Waals surface area contributed by atoms with Crippen LogP contribution in [0.5, 0.6) is 0 Å². The Labute approximate surface area is 352 Å². The van der Waals surface area contributed by atoms with Gasteiger partial charge in [-0.25, -0.2) is 4.57 Å². The zero-order valence-corrected chi connectivity index (χ0v) is 37.5. The third kappa shape index (κ3) is 35.0. The minimum Gasteiger partial charge on any atom is -0.462 e. The number of aliphatic hydroxyl groups excluding tert-OH is 2. The molecule has 0 radical (unpaired) electrons. The number of epoxide rings is 1. The van der Waals surface area contributed by atoms with Gasteiger partial charge in [0.1, 0.15) is 12.7 Å². The molecule has 58 heavy (non-hydrogen) atoms. The average Bonchev–Trinajstić information content (AvgIpc) is 3.96. The summed E-state index contributed by atoms with van der Waals surface area (Å²) in [6.07, 6.45) is 38.6. The fraction of sp³-hybridized carbons (Fsp3) is 0.826. The van der Waals surface area contributed by atoms with Crippen molar-refractivity contribution in [3.8, 4) is 0 Å². The summed E-state index contributed by atoms with van der Waals surface area (Å²) < 4.78 is 38.5. The fourth-order valence-electron chi connectivity index (χ4n) is 6.45. The zero-order valence-electron chi connectivity index (χ0n) is 36.6. The van der Waals surface area contributed by atoms with Crippen LogP contribution in [0.4, 0.5) is 0 Å². The first-order chi connectivity index (χ1) is 28.1. The van der Waals surface area contributed by atoms with Gasteiger partial charge in [-0.2, -0.15) is 0 Å². The summed E-state index contributed by atoms with van der Waals surface area (Å²) in [7, 11) is -4.63. The van der Waals surface area contributed by atoms with Crippen molar-refractivity contribution in [1.82, 2.24) is 0 Å². The SMILES string of the molecule is CCCCC/C=C\CC1OC1C/C=C\C/C=C\CCCC(=O)OC[C@H](COP(=O)(O)OC[C@@H](O)CO)OC(=O)CCCCCCCCCCCCCCCCC(C)C. The van der Waals surface area contributed by atoms with Crippen LogP contribution in [0.3, 0.4) is 0 Å². The highest BCUT2D eigenvalue weighted by Gasteiger charge is 2.36. The van der Waals surface area contributed by atoms with Crippen molar-refractivity contribution < 1.29 is 52.5 Å². The summed E-state index contributed by atoms with van der Waals surface area (Å²) >= 11 is 0. The van der Waals surface area contributed by atoms with Crippen LogP contribution in [0.15, 0.2) is 36.5 Å². The Balaban J connectivity index is 2.26. The molecule has 0 aliphatic carbocycles. The molecular weight excluding hydrogens is 759 g/mol. The van der Waals surface area contributed by atoms with Gasteiger partial charge >= 0.3 is 19.8 Å². The number of carbonyl (C=O) groups excluding carboxylic acids is 2. The molecule has 12 heteroatoms. The topological polar surface area (TPSA) is 161 Å². The second-order valence-corrected chi connectivity index (χ2v) is 17.7. The molecule has 3 N–H and O–H groups in total. The fourth-order valence-corrected chi connectivity index (χ4v) is 7.24. The quantitative estimate of drug-likeness (QED) is 0.0177. The molecule has 1 heterocycles. The number of esters is 2. The van der Waals surface area contributed by atoms with Crippen LogP contribution < -0.4 is 0 Å². The van der Waals surface area contributed by atoms with Crippen LogP contribution >= 0.6 is 7.82 Å². The summed E-state index contributed by atoms with van der Waals surface area (Å²) in [6, 6.07) is 0. The van der Waals surface area contributed by atoms with E-state index in [9.17, 15) is 24.2 Å². The van der Waals surface area contributed by atoms with Gasteiger partial charge in [0.2, 0.25) is 0 Å². The molecule has 1 aliphatic rings. The molecule has 338 valence electrons. The first-order valence-corrected chi connectivity index (χ1v) is 24.4. The molecule has 0 saturated carbocycles. The number of hydrogen-bond acceptors (Lipinski definition) is 10. The summed E-state index contributed by atoms with van der Waals surface area (Å²) in [5.74, 6) is -0.174. The van der Waals surface area contributed by atoms with Crippen molar-refractivity contribution in [2.24, 2.45) is 5.92 Å². The minimum absolute atomic E-state index is 0.161. The minimum atomic E-state index is -4.63. The molecule has 0 spiro atoms. The van der Waals surface area contributed by atoms with Crippen molar-refractivity contribution in [1.29, 1.82) is 0 Å². The molecular formula is C46H83O11P. The van der Waals surface area contributed by atoms with E-state index in [1.165, 1.54) is 89.9 Å². The van der Waals surface area contributed by atoms with Gasteiger partial charge < -0.3 is 29.3 Å². The maximum Gasteiger partial charge on any atom is 0.472 e. The Morgan fingerprint density at radius 1 is 0.655 bits per heavy atom. The summed E-state index contributed by atoms with van der Waals surface area (Å²) in [5.41, 5.74) is 0. The summed E-state index contributed by atoms with van der Waals surface area (Å²) in [5, 5.41) is 18.4. The number of carbonyl (C=O) groups is 2. The lowest BCUT2D eigenvalue weighted by Gasteiger charge is -2.20. The van der Waals surface area contributed by atoms with Crippen LogP contribution in [0, 0.1) is 5.92 Å². The van der Waals surface area contributed by atoms with Crippen molar-refractivity contribution in [2.45, 2.75) is 212 Å². The second-order valence-electron chi connectivity index (χ2n) is 16.3. The maximum atomic E-state index is 12.6. The predicted octanol–water partition coefficient (Wildman–Crippen LogP) is 11.2. The van der Waals surface area contributed by atoms with Crippen LogP contribution in [0.2, 0.25) is 0 Å². The van der Waals surface area contributed by atoms with Crippen molar-refractivity contribution in [3.05, 3.63) is 36.5 Å². The van der Waals surface area contributed by atoms with Gasteiger partial charge in [-0.3, -0.25) is 18.6 Å². The van der Waals surface area contributed by atoms with Gasteiger partial charge in [0.15, 0.2) is 6.10 Å². The van der Waals surface area contributed by atoms with E-state index in [2.05, 4.69) is 51.2 Å². The van der Waals surface area contributed by atoms with Crippen LogP contribution in [-0.2, 0) is 37.4 Å². The lowest BCUT2D eigenvalue weighted by Crippen LogP contribution is -2.29. The molecule has 0 aromatic heterocycles. The molecule has 1 fully saturated rings. The monoisotopic (exact) mass is 843 g/mol.